The number of carbonyl (C=O) groups excluding carboxylic acids is 1. The Morgan fingerprint density at radius 2 is 2.04 bits per heavy atom. The Bertz CT molecular complexity index is 1230. The minimum Gasteiger partial charge on any atom is -0.460 e. The lowest BCUT2D eigenvalue weighted by Gasteiger charge is -2.08. The summed E-state index contributed by atoms with van der Waals surface area (Å²) in [5.41, 5.74) is 1.59. The number of halogens is 1. The highest BCUT2D eigenvalue weighted by atomic mass is 79.9. The van der Waals surface area contributed by atoms with Gasteiger partial charge in [0, 0.05) is 15.4 Å². The van der Waals surface area contributed by atoms with Crippen molar-refractivity contribution in [2.45, 2.75) is 13.5 Å². The van der Waals surface area contributed by atoms with Gasteiger partial charge in [0.2, 0.25) is 5.76 Å². The van der Waals surface area contributed by atoms with Crippen molar-refractivity contribution < 1.29 is 13.9 Å². The van der Waals surface area contributed by atoms with E-state index in [1.54, 1.807) is 25.1 Å². The van der Waals surface area contributed by atoms with E-state index >= 15 is 0 Å². The second kappa shape index (κ2) is 7.00. The number of benzene rings is 2. The first-order valence-corrected chi connectivity index (χ1v) is 9.20. The first-order valence-electron chi connectivity index (χ1n) is 8.40. The summed E-state index contributed by atoms with van der Waals surface area (Å²) in [6.07, 6.45) is 1.48. The lowest BCUT2D eigenvalue weighted by molar-refractivity contribution is 0.0490. The van der Waals surface area contributed by atoms with Crippen LogP contribution in [0.2, 0.25) is 0 Å². The number of hydrogen-bond donors (Lipinski definition) is 0. The van der Waals surface area contributed by atoms with Crippen LogP contribution in [0.5, 0.6) is 0 Å². The predicted octanol–water partition coefficient (Wildman–Crippen LogP) is 4.13. The Hall–Kier alpha value is -2.93. The summed E-state index contributed by atoms with van der Waals surface area (Å²) >= 11 is 3.38. The van der Waals surface area contributed by atoms with Crippen LogP contribution in [0.1, 0.15) is 23.0 Å². The Morgan fingerprint density at radius 1 is 1.22 bits per heavy atom. The molecule has 0 bridgehead atoms. The molecule has 0 saturated carbocycles. The number of aromatic nitrogens is 2. The summed E-state index contributed by atoms with van der Waals surface area (Å²) in [5.74, 6) is -0.437. The highest BCUT2D eigenvalue weighted by Gasteiger charge is 2.22. The number of para-hydroxylation sites is 1. The highest BCUT2D eigenvalue weighted by Crippen LogP contribution is 2.27. The van der Waals surface area contributed by atoms with Crippen LogP contribution in [0.15, 0.2) is 62.5 Å². The highest BCUT2D eigenvalue weighted by molar-refractivity contribution is 9.10. The van der Waals surface area contributed by atoms with Crippen molar-refractivity contribution in [2.75, 3.05) is 6.61 Å². The lowest BCUT2D eigenvalue weighted by Crippen LogP contribution is -2.22. The molecule has 0 amide bonds. The molecule has 0 aliphatic carbocycles. The molecule has 0 aliphatic rings. The zero-order valence-corrected chi connectivity index (χ0v) is 16.0. The van der Waals surface area contributed by atoms with Crippen molar-refractivity contribution in [2.24, 2.45) is 0 Å². The summed E-state index contributed by atoms with van der Waals surface area (Å²) in [5, 5.41) is 1.26. The van der Waals surface area contributed by atoms with Crippen LogP contribution >= 0.6 is 15.9 Å². The van der Waals surface area contributed by atoms with Crippen molar-refractivity contribution in [3.8, 4) is 0 Å². The maximum Gasteiger partial charge on any atom is 0.374 e. The van der Waals surface area contributed by atoms with E-state index in [1.165, 1.54) is 10.9 Å². The fourth-order valence-electron chi connectivity index (χ4n) is 3.03. The Labute approximate surface area is 162 Å². The average Bonchev–Trinajstić information content (AvgIpc) is 3.03. The summed E-state index contributed by atoms with van der Waals surface area (Å²) in [6, 6.07) is 12.7. The molecular formula is C20H15BrN2O4. The molecular weight excluding hydrogens is 412 g/mol. The molecule has 0 unspecified atom stereocenters. The van der Waals surface area contributed by atoms with Gasteiger partial charge in [-0.05, 0) is 31.2 Å². The van der Waals surface area contributed by atoms with E-state index < -0.39 is 5.97 Å². The summed E-state index contributed by atoms with van der Waals surface area (Å²) in [6.45, 7) is 2.12. The van der Waals surface area contributed by atoms with E-state index in [0.29, 0.717) is 22.0 Å². The normalized spacial score (nSPS) is 11.2. The molecule has 2 aromatic heterocycles. The number of ether oxygens (including phenoxy) is 1. The zero-order valence-electron chi connectivity index (χ0n) is 14.4. The third kappa shape index (κ3) is 3.14. The number of hydrogen-bond acceptors (Lipinski definition) is 5. The Kier molecular flexibility index (Phi) is 4.53. The van der Waals surface area contributed by atoms with Crippen LogP contribution in [-0.4, -0.2) is 22.1 Å². The van der Waals surface area contributed by atoms with E-state index in [9.17, 15) is 9.59 Å². The molecule has 4 rings (SSSR count). The van der Waals surface area contributed by atoms with Crippen LogP contribution in [0.4, 0.5) is 0 Å². The lowest BCUT2D eigenvalue weighted by atomic mass is 10.1. The SMILES string of the molecule is CCOC(=O)c1oc2ccccc2c1Cn1cnc2ccc(Br)cc2c1=O. The van der Waals surface area contributed by atoms with Crippen LogP contribution in [-0.2, 0) is 11.3 Å². The van der Waals surface area contributed by atoms with E-state index in [2.05, 4.69) is 20.9 Å². The molecule has 4 aromatic rings. The zero-order chi connectivity index (χ0) is 19.0. The van der Waals surface area contributed by atoms with Crippen molar-refractivity contribution >= 4 is 43.8 Å². The van der Waals surface area contributed by atoms with Gasteiger partial charge in [-0.25, -0.2) is 9.78 Å². The number of carbonyl (C=O) groups is 1. The number of rotatable bonds is 4. The standard InChI is InChI=1S/C20H15BrN2O4/c1-2-26-20(25)18-15(13-5-3-4-6-17(13)27-18)10-23-11-22-16-8-7-12(21)9-14(16)19(23)24/h3-9,11H,2,10H2,1H3. The minimum absolute atomic E-state index is 0.110. The number of fused-ring (bicyclic) bond motifs is 2. The van der Waals surface area contributed by atoms with Crippen molar-refractivity contribution in [3.05, 3.63) is 74.9 Å². The van der Waals surface area contributed by atoms with E-state index in [4.69, 9.17) is 9.15 Å². The van der Waals surface area contributed by atoms with Gasteiger partial charge in [0.05, 0.1) is 30.4 Å². The first kappa shape index (κ1) is 17.5. The maximum atomic E-state index is 12.9. The van der Waals surface area contributed by atoms with Gasteiger partial charge in [0.1, 0.15) is 5.58 Å². The van der Waals surface area contributed by atoms with Gasteiger partial charge < -0.3 is 9.15 Å². The van der Waals surface area contributed by atoms with E-state index in [0.717, 1.165) is 9.86 Å². The largest absolute Gasteiger partial charge is 0.460 e. The molecule has 0 saturated heterocycles. The number of esters is 1. The quantitative estimate of drug-likeness (QED) is 0.458. The smallest absolute Gasteiger partial charge is 0.374 e. The van der Waals surface area contributed by atoms with Crippen molar-refractivity contribution in [3.63, 3.8) is 0 Å². The summed E-state index contributed by atoms with van der Waals surface area (Å²) < 4.78 is 13.1. The average molecular weight is 427 g/mol. The second-order valence-electron chi connectivity index (χ2n) is 5.97. The molecule has 27 heavy (non-hydrogen) atoms. The topological polar surface area (TPSA) is 74.3 Å². The molecule has 0 atom stereocenters. The Balaban J connectivity index is 1.87. The summed E-state index contributed by atoms with van der Waals surface area (Å²) in [4.78, 5) is 29.6. The molecule has 7 heteroatoms. The van der Waals surface area contributed by atoms with Crippen LogP contribution in [0, 0.1) is 0 Å². The van der Waals surface area contributed by atoms with Gasteiger partial charge in [-0.1, -0.05) is 34.1 Å². The maximum absolute atomic E-state index is 12.9. The van der Waals surface area contributed by atoms with Crippen molar-refractivity contribution in [1.29, 1.82) is 0 Å². The molecule has 0 radical (unpaired) electrons. The fourth-order valence-corrected chi connectivity index (χ4v) is 3.39. The minimum atomic E-state index is -0.548. The first-order chi connectivity index (χ1) is 13.1. The third-order valence-electron chi connectivity index (χ3n) is 4.27. The van der Waals surface area contributed by atoms with Gasteiger partial charge in [-0.3, -0.25) is 9.36 Å². The molecule has 6 nitrogen and oxygen atoms in total. The molecule has 2 aromatic carbocycles. The second-order valence-corrected chi connectivity index (χ2v) is 6.88. The van der Waals surface area contributed by atoms with Gasteiger partial charge >= 0.3 is 5.97 Å². The van der Waals surface area contributed by atoms with Gasteiger partial charge in [0.15, 0.2) is 0 Å². The molecule has 0 aliphatic heterocycles. The van der Waals surface area contributed by atoms with Crippen LogP contribution < -0.4 is 5.56 Å². The molecule has 2 heterocycles. The molecule has 0 fully saturated rings. The number of nitrogens with zero attached hydrogens (tertiary/aromatic N) is 2. The summed E-state index contributed by atoms with van der Waals surface area (Å²) in [7, 11) is 0. The van der Waals surface area contributed by atoms with Gasteiger partial charge in [-0.15, -0.1) is 0 Å². The predicted molar refractivity (Wildman–Crippen MR) is 105 cm³/mol. The van der Waals surface area contributed by atoms with Crippen LogP contribution in [0.3, 0.4) is 0 Å². The van der Waals surface area contributed by atoms with E-state index in [-0.39, 0.29) is 24.5 Å². The van der Waals surface area contributed by atoms with Gasteiger partial charge in [-0.2, -0.15) is 0 Å². The Morgan fingerprint density at radius 3 is 2.85 bits per heavy atom. The van der Waals surface area contributed by atoms with Gasteiger partial charge in [0.25, 0.3) is 5.56 Å². The molecule has 0 spiro atoms. The third-order valence-corrected chi connectivity index (χ3v) is 4.77. The van der Waals surface area contributed by atoms with Crippen molar-refractivity contribution in [1.82, 2.24) is 9.55 Å². The molecule has 136 valence electrons. The monoisotopic (exact) mass is 426 g/mol. The van der Waals surface area contributed by atoms with E-state index in [1.807, 2.05) is 24.3 Å². The molecule has 0 N–H and O–H groups in total. The number of furan rings is 1. The fraction of sp³-hybridized carbons (Fsp3) is 0.150. The van der Waals surface area contributed by atoms with Crippen LogP contribution in [0.25, 0.3) is 21.9 Å².